The third-order valence-corrected chi connectivity index (χ3v) is 4.46. The molecule has 0 saturated heterocycles. The Morgan fingerprint density at radius 2 is 2.20 bits per heavy atom. The van der Waals surface area contributed by atoms with Gasteiger partial charge in [-0.25, -0.2) is 8.42 Å². The van der Waals surface area contributed by atoms with Crippen LogP contribution in [0.4, 0.5) is 0 Å². The first kappa shape index (κ1) is 15.3. The van der Waals surface area contributed by atoms with E-state index >= 15 is 0 Å². The van der Waals surface area contributed by atoms with E-state index in [1.165, 1.54) is 18.5 Å². The largest absolute Gasteiger partial charge is 0.331 e. The molecule has 1 heterocycles. The number of amides is 1. The van der Waals surface area contributed by atoms with Gasteiger partial charge in [-0.2, -0.15) is 0 Å². The molecule has 0 aromatic carbocycles. The van der Waals surface area contributed by atoms with Crippen LogP contribution in [0.1, 0.15) is 30.3 Å². The topological polar surface area (TPSA) is 67.3 Å². The Morgan fingerprint density at radius 1 is 1.55 bits per heavy atom. The minimum atomic E-state index is -3.14. The molecule has 110 valence electrons. The van der Waals surface area contributed by atoms with Gasteiger partial charge in [0.25, 0.3) is 5.91 Å². The fourth-order valence-corrected chi connectivity index (χ4v) is 3.45. The summed E-state index contributed by atoms with van der Waals surface area (Å²) in [5.41, 5.74) is 0.254. The number of hydrogen-bond acceptors (Lipinski definition) is 4. The molecule has 0 radical (unpaired) electrons. The van der Waals surface area contributed by atoms with Crippen molar-refractivity contribution in [3.05, 3.63) is 29.0 Å². The van der Waals surface area contributed by atoms with Crippen molar-refractivity contribution in [2.75, 3.05) is 12.0 Å². The summed E-state index contributed by atoms with van der Waals surface area (Å²) < 4.78 is 22.9. The minimum absolute atomic E-state index is 0.0458. The van der Waals surface area contributed by atoms with Gasteiger partial charge in [0.1, 0.15) is 15.5 Å². The molecule has 1 aliphatic rings. The molecule has 0 bridgehead atoms. The third kappa shape index (κ3) is 3.93. The van der Waals surface area contributed by atoms with Crippen LogP contribution in [-0.4, -0.2) is 48.3 Å². The normalized spacial score (nSPS) is 16.8. The number of aromatic nitrogens is 1. The van der Waals surface area contributed by atoms with E-state index in [2.05, 4.69) is 4.98 Å². The van der Waals surface area contributed by atoms with E-state index in [9.17, 15) is 13.2 Å². The maximum atomic E-state index is 12.5. The average molecular weight is 317 g/mol. The van der Waals surface area contributed by atoms with Gasteiger partial charge in [0, 0.05) is 29.6 Å². The summed E-state index contributed by atoms with van der Waals surface area (Å²) in [6, 6.07) is 2.84. The minimum Gasteiger partial charge on any atom is -0.331 e. The van der Waals surface area contributed by atoms with Crippen molar-refractivity contribution in [1.82, 2.24) is 9.88 Å². The molecule has 5 nitrogen and oxygen atoms in total. The summed E-state index contributed by atoms with van der Waals surface area (Å²) in [4.78, 5) is 18.2. The van der Waals surface area contributed by atoms with Crippen LogP contribution in [0.15, 0.2) is 18.3 Å². The standard InChI is InChI=1S/C13H17ClN2O3S/c1-9(8-20(2,18)19)16(11-3-4-11)13(17)12-7-10(14)5-6-15-12/h5-7,9,11H,3-4,8H2,1-2H3/t9-/m0/s1. The number of hydrogen-bond donors (Lipinski definition) is 0. The van der Waals surface area contributed by atoms with Gasteiger partial charge in [-0.15, -0.1) is 0 Å². The van der Waals surface area contributed by atoms with Crippen molar-refractivity contribution in [2.24, 2.45) is 0 Å². The molecular weight excluding hydrogens is 300 g/mol. The molecule has 20 heavy (non-hydrogen) atoms. The first-order valence-electron chi connectivity index (χ1n) is 6.40. The molecule has 0 spiro atoms. The van der Waals surface area contributed by atoms with Crippen LogP contribution < -0.4 is 0 Å². The summed E-state index contributed by atoms with van der Waals surface area (Å²) >= 11 is 5.87. The molecule has 1 fully saturated rings. The van der Waals surface area contributed by atoms with Gasteiger partial charge in [-0.3, -0.25) is 9.78 Å². The number of halogens is 1. The Balaban J connectivity index is 2.22. The second-order valence-corrected chi connectivity index (χ2v) is 7.87. The van der Waals surface area contributed by atoms with Gasteiger partial charge in [0.2, 0.25) is 0 Å². The highest BCUT2D eigenvalue weighted by Gasteiger charge is 2.37. The van der Waals surface area contributed by atoms with E-state index in [1.807, 2.05) is 0 Å². The van der Waals surface area contributed by atoms with E-state index in [0.717, 1.165) is 12.8 Å². The quantitative estimate of drug-likeness (QED) is 0.830. The second-order valence-electron chi connectivity index (χ2n) is 5.24. The van der Waals surface area contributed by atoms with Crippen molar-refractivity contribution in [2.45, 2.75) is 31.8 Å². The summed E-state index contributed by atoms with van der Waals surface area (Å²) in [7, 11) is -3.14. The lowest BCUT2D eigenvalue weighted by atomic mass is 10.2. The van der Waals surface area contributed by atoms with Gasteiger partial charge in [0.05, 0.1) is 5.75 Å². The number of rotatable bonds is 5. The Morgan fingerprint density at radius 3 is 2.70 bits per heavy atom. The zero-order valence-corrected chi connectivity index (χ0v) is 13.0. The average Bonchev–Trinajstić information content (AvgIpc) is 3.11. The number of pyridine rings is 1. The fourth-order valence-electron chi connectivity index (χ4n) is 2.25. The Labute approximate surface area is 123 Å². The monoisotopic (exact) mass is 316 g/mol. The summed E-state index contributed by atoms with van der Waals surface area (Å²) in [6.45, 7) is 1.75. The molecule has 0 unspecified atom stereocenters. The zero-order valence-electron chi connectivity index (χ0n) is 11.4. The molecule has 2 rings (SSSR count). The molecule has 1 amide bonds. The van der Waals surface area contributed by atoms with Gasteiger partial charge < -0.3 is 4.90 Å². The maximum Gasteiger partial charge on any atom is 0.273 e. The summed E-state index contributed by atoms with van der Waals surface area (Å²) in [5.74, 6) is -0.304. The lowest BCUT2D eigenvalue weighted by Crippen LogP contribution is -2.44. The second kappa shape index (κ2) is 5.69. The fraction of sp³-hybridized carbons (Fsp3) is 0.538. The highest BCUT2D eigenvalue weighted by atomic mass is 35.5. The number of carbonyl (C=O) groups excluding carboxylic acids is 1. The summed E-state index contributed by atoms with van der Waals surface area (Å²) in [6.07, 6.45) is 4.46. The van der Waals surface area contributed by atoms with E-state index < -0.39 is 9.84 Å². The first-order chi connectivity index (χ1) is 9.28. The highest BCUT2D eigenvalue weighted by molar-refractivity contribution is 7.90. The van der Waals surface area contributed by atoms with Gasteiger partial charge >= 0.3 is 0 Å². The molecular formula is C13H17ClN2O3S. The van der Waals surface area contributed by atoms with Crippen LogP contribution in [-0.2, 0) is 9.84 Å². The lowest BCUT2D eigenvalue weighted by Gasteiger charge is -2.28. The van der Waals surface area contributed by atoms with E-state index in [-0.39, 0.29) is 29.4 Å². The Kier molecular flexibility index (Phi) is 4.34. The lowest BCUT2D eigenvalue weighted by molar-refractivity contribution is 0.0686. The van der Waals surface area contributed by atoms with Crippen molar-refractivity contribution in [3.8, 4) is 0 Å². The van der Waals surface area contributed by atoms with Gasteiger partial charge in [-0.05, 0) is 31.9 Å². The van der Waals surface area contributed by atoms with Crippen LogP contribution in [0.25, 0.3) is 0 Å². The van der Waals surface area contributed by atoms with E-state index in [4.69, 9.17) is 11.6 Å². The van der Waals surface area contributed by atoms with Crippen LogP contribution in [0.5, 0.6) is 0 Å². The number of nitrogens with zero attached hydrogens (tertiary/aromatic N) is 2. The van der Waals surface area contributed by atoms with Crippen molar-refractivity contribution in [1.29, 1.82) is 0 Å². The zero-order chi connectivity index (χ0) is 14.9. The number of carbonyl (C=O) groups is 1. The first-order valence-corrected chi connectivity index (χ1v) is 8.84. The van der Waals surface area contributed by atoms with Crippen molar-refractivity contribution >= 4 is 27.3 Å². The van der Waals surface area contributed by atoms with Gasteiger partial charge in [-0.1, -0.05) is 11.6 Å². The van der Waals surface area contributed by atoms with Crippen LogP contribution in [0.3, 0.4) is 0 Å². The predicted molar refractivity (Wildman–Crippen MR) is 77.6 cm³/mol. The van der Waals surface area contributed by atoms with Crippen LogP contribution >= 0.6 is 11.6 Å². The van der Waals surface area contributed by atoms with Crippen LogP contribution in [0.2, 0.25) is 5.02 Å². The molecule has 7 heteroatoms. The number of sulfone groups is 1. The summed E-state index contributed by atoms with van der Waals surface area (Å²) in [5, 5.41) is 0.440. The maximum absolute atomic E-state index is 12.5. The van der Waals surface area contributed by atoms with Crippen LogP contribution in [0, 0.1) is 0 Å². The van der Waals surface area contributed by atoms with E-state index in [0.29, 0.717) is 5.02 Å². The Hall–Kier alpha value is -1.14. The van der Waals surface area contributed by atoms with Crippen molar-refractivity contribution in [3.63, 3.8) is 0 Å². The smallest absolute Gasteiger partial charge is 0.273 e. The molecule has 1 atom stereocenters. The SMILES string of the molecule is C[C@@H](CS(C)(=O)=O)N(C(=O)c1cc(Cl)ccn1)C1CC1. The molecule has 1 saturated carbocycles. The highest BCUT2D eigenvalue weighted by Crippen LogP contribution is 2.30. The molecule has 0 aliphatic heterocycles. The molecule has 1 aromatic heterocycles. The molecule has 1 aliphatic carbocycles. The van der Waals surface area contributed by atoms with Crippen molar-refractivity contribution < 1.29 is 13.2 Å². The predicted octanol–water partition coefficient (Wildman–Crippen LogP) is 1.77. The Bertz CT molecular complexity index is 614. The molecule has 0 N–H and O–H groups in total. The van der Waals surface area contributed by atoms with Gasteiger partial charge in [0.15, 0.2) is 0 Å². The van der Waals surface area contributed by atoms with E-state index in [1.54, 1.807) is 17.9 Å². The molecule has 1 aromatic rings. The third-order valence-electron chi connectivity index (χ3n) is 3.13.